The molecule has 0 aromatic rings. The van der Waals surface area contributed by atoms with Crippen LogP contribution in [0.2, 0.25) is 18.1 Å². The Morgan fingerprint density at radius 3 is 2.13 bits per heavy atom. The van der Waals surface area contributed by atoms with Gasteiger partial charge in [-0.1, -0.05) is 26.8 Å². The minimum atomic E-state index is -1.81. The lowest BCUT2D eigenvalue weighted by Crippen LogP contribution is -2.44. The zero-order chi connectivity index (χ0) is 12.3. The lowest BCUT2D eigenvalue weighted by Gasteiger charge is -2.37. The highest BCUT2D eigenvalue weighted by molar-refractivity contribution is 6.74. The van der Waals surface area contributed by atoms with Gasteiger partial charge in [-0.05, 0) is 38.1 Å². The standard InChI is InChI=1S/C12H24O2Si/c1-8-9-11(13)10(2)14-15(6,7)12(3,4)5/h8-10H,1-7H3/t10-/m0/s1. The molecule has 3 heteroatoms. The fourth-order valence-electron chi connectivity index (χ4n) is 0.977. The van der Waals surface area contributed by atoms with Crippen molar-refractivity contribution in [2.75, 3.05) is 0 Å². The van der Waals surface area contributed by atoms with E-state index in [9.17, 15) is 4.79 Å². The van der Waals surface area contributed by atoms with Crippen molar-refractivity contribution in [1.29, 1.82) is 0 Å². The van der Waals surface area contributed by atoms with Crippen LogP contribution >= 0.6 is 0 Å². The van der Waals surface area contributed by atoms with Gasteiger partial charge in [0.2, 0.25) is 0 Å². The summed E-state index contributed by atoms with van der Waals surface area (Å²) in [5.41, 5.74) is 0. The van der Waals surface area contributed by atoms with E-state index in [0.717, 1.165) is 0 Å². The molecule has 0 spiro atoms. The summed E-state index contributed by atoms with van der Waals surface area (Å²) >= 11 is 0. The number of hydrogen-bond acceptors (Lipinski definition) is 2. The number of hydrogen-bond donors (Lipinski definition) is 0. The molecule has 0 aromatic carbocycles. The summed E-state index contributed by atoms with van der Waals surface area (Å²) in [5, 5.41) is 0.150. The predicted molar refractivity (Wildman–Crippen MR) is 67.6 cm³/mol. The van der Waals surface area contributed by atoms with E-state index in [1.54, 1.807) is 12.2 Å². The van der Waals surface area contributed by atoms with Crippen molar-refractivity contribution >= 4 is 14.1 Å². The average Bonchev–Trinajstić information content (AvgIpc) is 2.01. The van der Waals surface area contributed by atoms with Crippen LogP contribution in [0.1, 0.15) is 34.6 Å². The molecule has 1 atom stereocenters. The Labute approximate surface area is 94.8 Å². The van der Waals surface area contributed by atoms with Gasteiger partial charge in [0.25, 0.3) is 0 Å². The maximum absolute atomic E-state index is 11.6. The molecule has 0 unspecified atom stereocenters. The van der Waals surface area contributed by atoms with E-state index in [2.05, 4.69) is 33.9 Å². The summed E-state index contributed by atoms with van der Waals surface area (Å²) in [6, 6.07) is 0. The van der Waals surface area contributed by atoms with Crippen LogP contribution in [-0.2, 0) is 9.22 Å². The number of rotatable bonds is 4. The van der Waals surface area contributed by atoms with E-state index in [-0.39, 0.29) is 16.9 Å². The summed E-state index contributed by atoms with van der Waals surface area (Å²) in [4.78, 5) is 11.6. The summed E-state index contributed by atoms with van der Waals surface area (Å²) in [6.07, 6.45) is 3.02. The maximum Gasteiger partial charge on any atom is 0.193 e. The molecule has 0 radical (unpaired) electrons. The van der Waals surface area contributed by atoms with Gasteiger partial charge >= 0.3 is 0 Å². The maximum atomic E-state index is 11.6. The summed E-state index contributed by atoms with van der Waals surface area (Å²) in [5.74, 6) is 0.0577. The summed E-state index contributed by atoms with van der Waals surface area (Å²) in [6.45, 7) is 14.5. The highest BCUT2D eigenvalue weighted by Gasteiger charge is 2.39. The molecule has 0 amide bonds. The Morgan fingerprint density at radius 1 is 1.33 bits per heavy atom. The van der Waals surface area contributed by atoms with Crippen molar-refractivity contribution in [1.82, 2.24) is 0 Å². The first-order valence-electron chi connectivity index (χ1n) is 5.46. The van der Waals surface area contributed by atoms with Gasteiger partial charge in [-0.15, -0.1) is 0 Å². The largest absolute Gasteiger partial charge is 0.407 e. The van der Waals surface area contributed by atoms with Crippen molar-refractivity contribution in [3.8, 4) is 0 Å². The normalized spacial score (nSPS) is 15.7. The fourth-order valence-corrected chi connectivity index (χ4v) is 2.33. The third-order valence-electron chi connectivity index (χ3n) is 3.01. The number of ketones is 1. The monoisotopic (exact) mass is 228 g/mol. The fraction of sp³-hybridized carbons (Fsp3) is 0.750. The highest BCUT2D eigenvalue weighted by atomic mass is 28.4. The van der Waals surface area contributed by atoms with Crippen molar-refractivity contribution in [2.24, 2.45) is 0 Å². The molecule has 0 aliphatic carbocycles. The van der Waals surface area contributed by atoms with E-state index >= 15 is 0 Å². The van der Waals surface area contributed by atoms with Crippen molar-refractivity contribution in [3.05, 3.63) is 12.2 Å². The minimum Gasteiger partial charge on any atom is -0.407 e. The Hall–Kier alpha value is -0.413. The Kier molecular flexibility index (Phi) is 4.94. The van der Waals surface area contributed by atoms with Gasteiger partial charge in [0, 0.05) is 0 Å². The van der Waals surface area contributed by atoms with Crippen LogP contribution in [0, 0.1) is 0 Å². The number of carbonyl (C=O) groups excluding carboxylic acids is 1. The van der Waals surface area contributed by atoms with Gasteiger partial charge < -0.3 is 4.43 Å². The van der Waals surface area contributed by atoms with Gasteiger partial charge in [-0.3, -0.25) is 4.79 Å². The second-order valence-corrected chi connectivity index (χ2v) is 10.2. The smallest absolute Gasteiger partial charge is 0.193 e. The zero-order valence-electron chi connectivity index (χ0n) is 11.0. The van der Waals surface area contributed by atoms with Gasteiger partial charge in [0.05, 0.1) is 0 Å². The van der Waals surface area contributed by atoms with Gasteiger partial charge in [-0.2, -0.15) is 0 Å². The Morgan fingerprint density at radius 2 is 1.80 bits per heavy atom. The lowest BCUT2D eigenvalue weighted by molar-refractivity contribution is -0.120. The molecule has 0 fully saturated rings. The average molecular weight is 228 g/mol. The molecule has 0 bridgehead atoms. The van der Waals surface area contributed by atoms with E-state index in [4.69, 9.17) is 4.43 Å². The number of carbonyl (C=O) groups is 1. The molecule has 2 nitrogen and oxygen atoms in total. The molecule has 88 valence electrons. The van der Waals surface area contributed by atoms with Crippen molar-refractivity contribution in [2.45, 2.75) is 58.9 Å². The first-order chi connectivity index (χ1) is 6.62. The summed E-state index contributed by atoms with van der Waals surface area (Å²) < 4.78 is 5.95. The van der Waals surface area contributed by atoms with Gasteiger partial charge in [-0.25, -0.2) is 0 Å². The Balaban J connectivity index is 4.54. The van der Waals surface area contributed by atoms with Crippen LogP contribution < -0.4 is 0 Å². The van der Waals surface area contributed by atoms with Crippen LogP contribution in [0.15, 0.2) is 12.2 Å². The van der Waals surface area contributed by atoms with Crippen LogP contribution in [0.5, 0.6) is 0 Å². The third-order valence-corrected chi connectivity index (χ3v) is 7.56. The molecular weight excluding hydrogens is 204 g/mol. The lowest BCUT2D eigenvalue weighted by atomic mass is 10.2. The molecule has 0 aliphatic heterocycles. The molecule has 15 heavy (non-hydrogen) atoms. The number of allylic oxidation sites excluding steroid dienone is 1. The molecule has 0 aromatic heterocycles. The molecule has 0 N–H and O–H groups in total. The molecule has 0 aliphatic rings. The topological polar surface area (TPSA) is 26.3 Å². The minimum absolute atomic E-state index is 0.0577. The molecular formula is C12H24O2Si. The third kappa shape index (κ3) is 4.30. The molecule has 0 saturated heterocycles. The van der Waals surface area contributed by atoms with Crippen LogP contribution in [-0.4, -0.2) is 20.2 Å². The van der Waals surface area contributed by atoms with Crippen LogP contribution in [0.3, 0.4) is 0 Å². The Bertz CT molecular complexity index is 249. The van der Waals surface area contributed by atoms with E-state index < -0.39 is 8.32 Å². The first-order valence-corrected chi connectivity index (χ1v) is 8.37. The zero-order valence-corrected chi connectivity index (χ0v) is 12.0. The van der Waals surface area contributed by atoms with Crippen molar-refractivity contribution in [3.63, 3.8) is 0 Å². The summed E-state index contributed by atoms with van der Waals surface area (Å²) in [7, 11) is -1.81. The highest BCUT2D eigenvalue weighted by Crippen LogP contribution is 2.37. The first kappa shape index (κ1) is 14.6. The second kappa shape index (κ2) is 5.08. The van der Waals surface area contributed by atoms with E-state index in [1.165, 1.54) is 0 Å². The van der Waals surface area contributed by atoms with Crippen molar-refractivity contribution < 1.29 is 9.22 Å². The van der Waals surface area contributed by atoms with Crippen LogP contribution in [0.4, 0.5) is 0 Å². The van der Waals surface area contributed by atoms with E-state index in [1.807, 2.05) is 13.8 Å². The molecule has 0 heterocycles. The van der Waals surface area contributed by atoms with Gasteiger partial charge in [0.1, 0.15) is 6.10 Å². The second-order valence-electron chi connectivity index (χ2n) is 5.42. The molecule has 0 rings (SSSR count). The quantitative estimate of drug-likeness (QED) is 0.543. The van der Waals surface area contributed by atoms with E-state index in [0.29, 0.717) is 0 Å². The predicted octanol–water partition coefficient (Wildman–Crippen LogP) is 3.54. The van der Waals surface area contributed by atoms with Crippen LogP contribution in [0.25, 0.3) is 0 Å². The SMILES string of the molecule is CC=CC(=O)[C@H](C)O[Si](C)(C)C(C)(C)C. The molecule has 0 saturated carbocycles. The van der Waals surface area contributed by atoms with Gasteiger partial charge in [0.15, 0.2) is 14.1 Å².